The molecular weight excluding hydrogens is 258 g/mol. The molecule has 2 rings (SSSR count). The monoisotopic (exact) mass is 279 g/mol. The van der Waals surface area contributed by atoms with E-state index >= 15 is 0 Å². The first-order valence-electron chi connectivity index (χ1n) is 6.92. The molecule has 0 aromatic heterocycles. The largest absolute Gasteiger partial charge is 0.396 e. The summed E-state index contributed by atoms with van der Waals surface area (Å²) in [5.74, 6) is 0.548. The number of nitrogens with zero attached hydrogens (tertiary/aromatic N) is 2. The quantitative estimate of drug-likeness (QED) is 0.613. The topological polar surface area (TPSA) is 78.6 Å². The van der Waals surface area contributed by atoms with E-state index in [0.717, 1.165) is 38.0 Å². The van der Waals surface area contributed by atoms with E-state index in [9.17, 15) is 10.1 Å². The van der Waals surface area contributed by atoms with Gasteiger partial charge in [-0.2, -0.15) is 0 Å². The molecule has 1 fully saturated rings. The third-order valence-corrected chi connectivity index (χ3v) is 3.84. The van der Waals surface area contributed by atoms with Crippen molar-refractivity contribution in [2.75, 3.05) is 32.1 Å². The van der Waals surface area contributed by atoms with Gasteiger partial charge in [0.25, 0.3) is 5.69 Å². The predicted octanol–water partition coefficient (Wildman–Crippen LogP) is 1.84. The number of aliphatic hydroxyl groups is 1. The predicted molar refractivity (Wildman–Crippen MR) is 77.7 cm³/mol. The fourth-order valence-electron chi connectivity index (χ4n) is 2.77. The number of nitro groups is 1. The summed E-state index contributed by atoms with van der Waals surface area (Å²) in [6, 6.07) is 5.33. The van der Waals surface area contributed by atoms with Gasteiger partial charge in [-0.25, -0.2) is 0 Å². The minimum Gasteiger partial charge on any atom is -0.396 e. The van der Waals surface area contributed by atoms with Crippen molar-refractivity contribution < 1.29 is 10.0 Å². The molecule has 1 unspecified atom stereocenters. The van der Waals surface area contributed by atoms with Gasteiger partial charge in [-0.3, -0.25) is 15.0 Å². The van der Waals surface area contributed by atoms with E-state index in [0.29, 0.717) is 11.6 Å². The molecule has 1 saturated heterocycles. The standard InChI is InChI=1S/C14H21N3O3/c1-15-13-3-2-12(8-14(13)17(19)20)10-16-6-4-11(9-16)5-7-18/h2-3,8,11,15,18H,4-7,9-10H2,1H3. The van der Waals surface area contributed by atoms with Crippen LogP contribution in [0.1, 0.15) is 18.4 Å². The van der Waals surface area contributed by atoms with Crippen LogP contribution in [0.5, 0.6) is 0 Å². The molecule has 1 aliphatic heterocycles. The average molecular weight is 279 g/mol. The zero-order valence-electron chi connectivity index (χ0n) is 11.7. The number of benzene rings is 1. The minimum absolute atomic E-state index is 0.121. The van der Waals surface area contributed by atoms with Gasteiger partial charge < -0.3 is 10.4 Å². The molecule has 1 aromatic carbocycles. The summed E-state index contributed by atoms with van der Waals surface area (Å²) in [5.41, 5.74) is 1.62. The van der Waals surface area contributed by atoms with Crippen molar-refractivity contribution in [1.29, 1.82) is 0 Å². The van der Waals surface area contributed by atoms with Crippen molar-refractivity contribution in [3.8, 4) is 0 Å². The van der Waals surface area contributed by atoms with Crippen LogP contribution in [0.4, 0.5) is 11.4 Å². The Hall–Kier alpha value is -1.66. The van der Waals surface area contributed by atoms with Gasteiger partial charge in [-0.05, 0) is 36.9 Å². The lowest BCUT2D eigenvalue weighted by Crippen LogP contribution is -2.20. The lowest BCUT2D eigenvalue weighted by molar-refractivity contribution is -0.384. The Balaban J connectivity index is 2.03. The SMILES string of the molecule is CNc1ccc(CN2CCC(CCO)C2)cc1[N+](=O)[O-]. The maximum absolute atomic E-state index is 11.0. The van der Waals surface area contributed by atoms with Gasteiger partial charge >= 0.3 is 0 Å². The molecule has 6 heteroatoms. The molecule has 20 heavy (non-hydrogen) atoms. The van der Waals surface area contributed by atoms with Crippen LogP contribution in [0.2, 0.25) is 0 Å². The van der Waals surface area contributed by atoms with Crippen molar-refractivity contribution in [1.82, 2.24) is 4.90 Å². The molecule has 0 radical (unpaired) electrons. The summed E-state index contributed by atoms with van der Waals surface area (Å²) in [5, 5.41) is 22.8. The Labute approximate surface area is 118 Å². The van der Waals surface area contributed by atoms with Crippen LogP contribution < -0.4 is 5.32 Å². The molecule has 1 heterocycles. The van der Waals surface area contributed by atoms with Crippen molar-refractivity contribution in [3.63, 3.8) is 0 Å². The highest BCUT2D eigenvalue weighted by Crippen LogP contribution is 2.27. The number of aliphatic hydroxyl groups excluding tert-OH is 1. The van der Waals surface area contributed by atoms with Gasteiger partial charge in [-0.1, -0.05) is 6.07 Å². The van der Waals surface area contributed by atoms with E-state index in [4.69, 9.17) is 5.11 Å². The summed E-state index contributed by atoms with van der Waals surface area (Å²) in [7, 11) is 1.68. The van der Waals surface area contributed by atoms with Crippen LogP contribution in [0.15, 0.2) is 18.2 Å². The lowest BCUT2D eigenvalue weighted by Gasteiger charge is -2.16. The third kappa shape index (κ3) is 3.46. The first-order chi connectivity index (χ1) is 9.63. The van der Waals surface area contributed by atoms with E-state index in [1.165, 1.54) is 0 Å². The highest BCUT2D eigenvalue weighted by atomic mass is 16.6. The molecule has 0 saturated carbocycles. The second kappa shape index (κ2) is 6.67. The van der Waals surface area contributed by atoms with Crippen molar-refractivity contribution in [2.24, 2.45) is 5.92 Å². The minimum atomic E-state index is -0.353. The normalized spacial score (nSPS) is 19.2. The molecule has 0 aliphatic carbocycles. The van der Waals surface area contributed by atoms with E-state index in [2.05, 4.69) is 10.2 Å². The molecule has 0 bridgehead atoms. The highest BCUT2D eigenvalue weighted by molar-refractivity contribution is 5.62. The van der Waals surface area contributed by atoms with Crippen molar-refractivity contribution >= 4 is 11.4 Å². The fraction of sp³-hybridized carbons (Fsp3) is 0.571. The molecule has 0 amide bonds. The first-order valence-corrected chi connectivity index (χ1v) is 6.92. The summed E-state index contributed by atoms with van der Waals surface area (Å²) in [6.45, 7) is 2.92. The molecule has 110 valence electrons. The summed E-state index contributed by atoms with van der Waals surface area (Å²) >= 11 is 0. The van der Waals surface area contributed by atoms with Gasteiger partial charge in [0.1, 0.15) is 5.69 Å². The van der Waals surface area contributed by atoms with Crippen LogP contribution in [0, 0.1) is 16.0 Å². The number of anilines is 1. The Kier molecular flexibility index (Phi) is 4.92. The Morgan fingerprint density at radius 3 is 3.00 bits per heavy atom. The highest BCUT2D eigenvalue weighted by Gasteiger charge is 2.22. The van der Waals surface area contributed by atoms with Crippen LogP contribution >= 0.6 is 0 Å². The van der Waals surface area contributed by atoms with Crippen molar-refractivity contribution in [2.45, 2.75) is 19.4 Å². The summed E-state index contributed by atoms with van der Waals surface area (Å²) in [6.07, 6.45) is 1.94. The molecule has 1 atom stereocenters. The van der Waals surface area contributed by atoms with Gasteiger partial charge in [0.05, 0.1) is 4.92 Å². The van der Waals surface area contributed by atoms with E-state index in [1.807, 2.05) is 6.07 Å². The lowest BCUT2D eigenvalue weighted by atomic mass is 10.1. The van der Waals surface area contributed by atoms with Crippen LogP contribution in [0.25, 0.3) is 0 Å². The molecule has 6 nitrogen and oxygen atoms in total. The molecule has 0 spiro atoms. The third-order valence-electron chi connectivity index (χ3n) is 3.84. The first kappa shape index (κ1) is 14.7. The molecule has 1 aliphatic rings. The number of nitrogens with one attached hydrogen (secondary N) is 1. The number of hydrogen-bond acceptors (Lipinski definition) is 5. The second-order valence-electron chi connectivity index (χ2n) is 5.26. The maximum atomic E-state index is 11.0. The van der Waals surface area contributed by atoms with Crippen LogP contribution in [-0.2, 0) is 6.54 Å². The molecular formula is C14H21N3O3. The Morgan fingerprint density at radius 1 is 1.55 bits per heavy atom. The number of likely N-dealkylation sites (tertiary alicyclic amines) is 1. The zero-order chi connectivity index (χ0) is 14.5. The average Bonchev–Trinajstić information content (AvgIpc) is 2.86. The van der Waals surface area contributed by atoms with Crippen LogP contribution in [0.3, 0.4) is 0 Å². The van der Waals surface area contributed by atoms with Crippen molar-refractivity contribution in [3.05, 3.63) is 33.9 Å². The van der Waals surface area contributed by atoms with Gasteiger partial charge in [0.15, 0.2) is 0 Å². The Morgan fingerprint density at radius 2 is 2.35 bits per heavy atom. The number of hydrogen-bond donors (Lipinski definition) is 2. The summed E-state index contributed by atoms with van der Waals surface area (Å²) < 4.78 is 0. The Bertz CT molecular complexity index is 479. The van der Waals surface area contributed by atoms with E-state index in [1.54, 1.807) is 19.2 Å². The molecule has 1 aromatic rings. The zero-order valence-corrected chi connectivity index (χ0v) is 11.7. The van der Waals surface area contributed by atoms with Crippen LogP contribution in [-0.4, -0.2) is 41.7 Å². The fourth-order valence-corrected chi connectivity index (χ4v) is 2.77. The maximum Gasteiger partial charge on any atom is 0.292 e. The van der Waals surface area contributed by atoms with Gasteiger partial charge in [0, 0.05) is 32.8 Å². The number of rotatable bonds is 6. The van der Waals surface area contributed by atoms with Gasteiger partial charge in [0.2, 0.25) is 0 Å². The summed E-state index contributed by atoms with van der Waals surface area (Å²) in [4.78, 5) is 13.0. The van der Waals surface area contributed by atoms with Gasteiger partial charge in [-0.15, -0.1) is 0 Å². The smallest absolute Gasteiger partial charge is 0.292 e. The van der Waals surface area contributed by atoms with E-state index in [-0.39, 0.29) is 17.2 Å². The van der Waals surface area contributed by atoms with E-state index < -0.39 is 0 Å². The second-order valence-corrected chi connectivity index (χ2v) is 5.26. The number of nitro benzene ring substituents is 1. The molecule has 2 N–H and O–H groups in total.